The summed E-state index contributed by atoms with van der Waals surface area (Å²) in [6.07, 6.45) is 1.52. The highest BCUT2D eigenvalue weighted by Crippen LogP contribution is 2.20. The molecule has 0 aliphatic carbocycles. The van der Waals surface area contributed by atoms with Gasteiger partial charge in [-0.2, -0.15) is 0 Å². The molecule has 1 heterocycles. The summed E-state index contributed by atoms with van der Waals surface area (Å²) in [5.41, 5.74) is 3.14. The number of rotatable bonds is 5. The second-order valence-corrected chi connectivity index (χ2v) is 6.10. The average Bonchev–Trinajstić information content (AvgIpc) is 2.53. The molecule has 5 heteroatoms. The molecule has 1 fully saturated rings. The van der Waals surface area contributed by atoms with Crippen molar-refractivity contribution in [3.8, 4) is 0 Å². The zero-order valence-electron chi connectivity index (χ0n) is 14.2. The number of likely N-dealkylation sites (tertiary alicyclic amines) is 1. The summed E-state index contributed by atoms with van der Waals surface area (Å²) in [4.78, 5) is 26.0. The summed E-state index contributed by atoms with van der Waals surface area (Å²) in [7, 11) is 0. The maximum Gasteiger partial charge on any atom is 0.309 e. The van der Waals surface area contributed by atoms with E-state index in [-0.39, 0.29) is 17.8 Å². The molecule has 1 aromatic carbocycles. The lowest BCUT2D eigenvalue weighted by molar-refractivity contribution is -0.149. The molecule has 0 spiro atoms. The minimum absolute atomic E-state index is 0.00622. The molecule has 1 amide bonds. The zero-order chi connectivity index (χ0) is 16.8. The number of amides is 1. The Kier molecular flexibility index (Phi) is 6.16. The average molecular weight is 318 g/mol. The summed E-state index contributed by atoms with van der Waals surface area (Å²) < 4.78 is 5.06. The Morgan fingerprint density at radius 2 is 1.96 bits per heavy atom. The summed E-state index contributed by atoms with van der Waals surface area (Å²) >= 11 is 0. The Balaban J connectivity index is 1.81. The quantitative estimate of drug-likeness (QED) is 0.848. The molecule has 23 heavy (non-hydrogen) atoms. The molecule has 0 saturated carbocycles. The van der Waals surface area contributed by atoms with Crippen molar-refractivity contribution in [3.63, 3.8) is 0 Å². The van der Waals surface area contributed by atoms with Crippen molar-refractivity contribution in [1.82, 2.24) is 4.90 Å². The van der Waals surface area contributed by atoms with Crippen LogP contribution in [0.4, 0.5) is 5.69 Å². The van der Waals surface area contributed by atoms with E-state index >= 15 is 0 Å². The lowest BCUT2D eigenvalue weighted by Gasteiger charge is -2.30. The van der Waals surface area contributed by atoms with E-state index in [1.54, 1.807) is 0 Å². The van der Waals surface area contributed by atoms with Crippen LogP contribution in [0, 0.1) is 19.8 Å². The molecule has 0 aromatic heterocycles. The van der Waals surface area contributed by atoms with Crippen LogP contribution in [-0.4, -0.2) is 43.0 Å². The first-order valence-corrected chi connectivity index (χ1v) is 8.26. The van der Waals surface area contributed by atoms with Gasteiger partial charge in [-0.05, 0) is 63.9 Å². The van der Waals surface area contributed by atoms with Gasteiger partial charge in [-0.25, -0.2) is 0 Å². The van der Waals surface area contributed by atoms with Gasteiger partial charge in [0.05, 0.1) is 19.1 Å². The number of hydrogen-bond donors (Lipinski definition) is 1. The summed E-state index contributed by atoms with van der Waals surface area (Å²) in [5.74, 6) is -0.131. The highest BCUT2D eigenvalue weighted by Gasteiger charge is 2.26. The number of benzene rings is 1. The van der Waals surface area contributed by atoms with E-state index in [1.807, 2.05) is 39.0 Å². The van der Waals surface area contributed by atoms with Gasteiger partial charge >= 0.3 is 5.97 Å². The highest BCUT2D eigenvalue weighted by atomic mass is 16.5. The predicted molar refractivity (Wildman–Crippen MR) is 90.3 cm³/mol. The fourth-order valence-corrected chi connectivity index (χ4v) is 2.87. The molecular weight excluding hydrogens is 292 g/mol. The number of hydrogen-bond acceptors (Lipinski definition) is 4. The van der Waals surface area contributed by atoms with Crippen LogP contribution in [0.2, 0.25) is 0 Å². The number of carbonyl (C=O) groups is 2. The molecule has 1 aliphatic heterocycles. The molecule has 1 saturated heterocycles. The molecule has 0 atom stereocenters. The van der Waals surface area contributed by atoms with Crippen LogP contribution in [0.25, 0.3) is 0 Å². The number of nitrogens with one attached hydrogen (secondary N) is 1. The van der Waals surface area contributed by atoms with Crippen molar-refractivity contribution < 1.29 is 14.3 Å². The van der Waals surface area contributed by atoms with Crippen LogP contribution in [0.3, 0.4) is 0 Å². The van der Waals surface area contributed by atoms with E-state index in [9.17, 15) is 9.59 Å². The van der Waals surface area contributed by atoms with Crippen molar-refractivity contribution in [3.05, 3.63) is 29.3 Å². The fraction of sp³-hybridized carbons (Fsp3) is 0.556. The maximum absolute atomic E-state index is 12.2. The van der Waals surface area contributed by atoms with Gasteiger partial charge in [0, 0.05) is 5.69 Å². The van der Waals surface area contributed by atoms with E-state index in [4.69, 9.17) is 4.74 Å². The summed E-state index contributed by atoms with van der Waals surface area (Å²) in [5, 5.41) is 2.98. The summed E-state index contributed by atoms with van der Waals surface area (Å²) in [6, 6.07) is 5.90. The normalized spacial score (nSPS) is 16.1. The standard InChI is InChI=1S/C18H26N2O3/c1-4-23-18(22)15-8-10-20(11-9-15)12-17(21)19-16-7-5-6-13(2)14(16)3/h5-7,15H,4,8-12H2,1-3H3,(H,19,21). The van der Waals surface area contributed by atoms with Crippen LogP contribution in [0.15, 0.2) is 18.2 Å². The van der Waals surface area contributed by atoms with Gasteiger partial charge in [0.2, 0.25) is 5.91 Å². The van der Waals surface area contributed by atoms with Gasteiger partial charge in [0.25, 0.3) is 0 Å². The lowest BCUT2D eigenvalue weighted by Crippen LogP contribution is -2.41. The van der Waals surface area contributed by atoms with Crippen LogP contribution < -0.4 is 5.32 Å². The van der Waals surface area contributed by atoms with E-state index in [1.165, 1.54) is 0 Å². The monoisotopic (exact) mass is 318 g/mol. The van der Waals surface area contributed by atoms with Crippen molar-refractivity contribution in [2.24, 2.45) is 5.92 Å². The first kappa shape index (κ1) is 17.5. The minimum atomic E-state index is -0.105. The number of carbonyl (C=O) groups excluding carboxylic acids is 2. The van der Waals surface area contributed by atoms with Gasteiger partial charge in [-0.1, -0.05) is 12.1 Å². The van der Waals surface area contributed by atoms with Gasteiger partial charge in [-0.3, -0.25) is 14.5 Å². The number of aryl methyl sites for hydroxylation is 1. The van der Waals surface area contributed by atoms with Crippen LogP contribution in [0.5, 0.6) is 0 Å². The number of anilines is 1. The Bertz CT molecular complexity index is 563. The van der Waals surface area contributed by atoms with Crippen LogP contribution in [0.1, 0.15) is 30.9 Å². The second-order valence-electron chi connectivity index (χ2n) is 6.10. The van der Waals surface area contributed by atoms with E-state index in [0.29, 0.717) is 13.2 Å². The number of piperidine rings is 1. The zero-order valence-corrected chi connectivity index (χ0v) is 14.2. The summed E-state index contributed by atoms with van der Waals surface area (Å²) in [6.45, 7) is 8.17. The molecule has 5 nitrogen and oxygen atoms in total. The van der Waals surface area contributed by atoms with Crippen LogP contribution >= 0.6 is 0 Å². The molecule has 1 N–H and O–H groups in total. The molecular formula is C18H26N2O3. The van der Waals surface area contributed by atoms with Gasteiger partial charge < -0.3 is 10.1 Å². The van der Waals surface area contributed by atoms with Crippen molar-refractivity contribution >= 4 is 17.6 Å². The smallest absolute Gasteiger partial charge is 0.309 e. The molecule has 0 bridgehead atoms. The Hall–Kier alpha value is -1.88. The first-order chi connectivity index (χ1) is 11.0. The number of nitrogens with zero attached hydrogens (tertiary/aromatic N) is 1. The molecule has 1 aromatic rings. The van der Waals surface area contributed by atoms with Gasteiger partial charge in [-0.15, -0.1) is 0 Å². The highest BCUT2D eigenvalue weighted by molar-refractivity contribution is 5.93. The van der Waals surface area contributed by atoms with Gasteiger partial charge in [0.15, 0.2) is 0 Å². The largest absolute Gasteiger partial charge is 0.466 e. The molecule has 2 rings (SSSR count). The third-order valence-electron chi connectivity index (χ3n) is 4.45. The Morgan fingerprint density at radius 1 is 1.26 bits per heavy atom. The Labute approximate surface area is 138 Å². The second kappa shape index (κ2) is 8.11. The van der Waals surface area contributed by atoms with Crippen molar-refractivity contribution in [1.29, 1.82) is 0 Å². The third-order valence-corrected chi connectivity index (χ3v) is 4.45. The maximum atomic E-state index is 12.2. The van der Waals surface area contributed by atoms with E-state index < -0.39 is 0 Å². The van der Waals surface area contributed by atoms with Crippen molar-refractivity contribution in [2.45, 2.75) is 33.6 Å². The molecule has 0 radical (unpaired) electrons. The third kappa shape index (κ3) is 4.79. The number of esters is 1. The van der Waals surface area contributed by atoms with E-state index in [0.717, 1.165) is 42.7 Å². The van der Waals surface area contributed by atoms with E-state index in [2.05, 4.69) is 10.2 Å². The topological polar surface area (TPSA) is 58.6 Å². The lowest BCUT2D eigenvalue weighted by atomic mass is 9.97. The molecule has 126 valence electrons. The van der Waals surface area contributed by atoms with Crippen molar-refractivity contribution in [2.75, 3.05) is 31.6 Å². The minimum Gasteiger partial charge on any atom is -0.466 e. The SMILES string of the molecule is CCOC(=O)C1CCN(CC(=O)Nc2cccc(C)c2C)CC1. The molecule has 1 aliphatic rings. The fourth-order valence-electron chi connectivity index (χ4n) is 2.87. The van der Waals surface area contributed by atoms with Crippen LogP contribution in [-0.2, 0) is 14.3 Å². The number of ether oxygens (including phenoxy) is 1. The Morgan fingerprint density at radius 3 is 2.61 bits per heavy atom. The predicted octanol–water partition coefficient (Wildman–Crippen LogP) is 2.52. The molecule has 0 unspecified atom stereocenters. The first-order valence-electron chi connectivity index (χ1n) is 8.26. The van der Waals surface area contributed by atoms with Gasteiger partial charge in [0.1, 0.15) is 0 Å².